The first kappa shape index (κ1) is 17.8. The number of hydrogen-bond acceptors (Lipinski definition) is 6. The second kappa shape index (κ2) is 7.33. The Bertz CT molecular complexity index is 783. The molecule has 0 atom stereocenters. The number of rotatable bonds is 5. The first-order valence-corrected chi connectivity index (χ1v) is 9.70. The molecule has 0 radical (unpaired) electrons. The standard InChI is InChI=1S/C14H18N4O2S3/c1-9(2)8-12-16-17-14(22-12)15-13(21)18-23(19,20)11-6-4-10(3)5-7-11/h4-7,9H,8H2,1-3H3,(H2,15,17,18,21). The first-order valence-electron chi connectivity index (χ1n) is 6.99. The highest BCUT2D eigenvalue weighted by Gasteiger charge is 2.16. The molecule has 0 unspecified atom stereocenters. The van der Waals surface area contributed by atoms with Crippen molar-refractivity contribution in [2.45, 2.75) is 32.1 Å². The molecule has 2 aromatic rings. The van der Waals surface area contributed by atoms with Gasteiger partial charge in [0.2, 0.25) is 5.13 Å². The van der Waals surface area contributed by atoms with Gasteiger partial charge in [-0.25, -0.2) is 8.42 Å². The molecular formula is C14H18N4O2S3. The number of aryl methyl sites for hydroxylation is 1. The van der Waals surface area contributed by atoms with Crippen LogP contribution in [-0.4, -0.2) is 23.7 Å². The van der Waals surface area contributed by atoms with Gasteiger partial charge in [0.1, 0.15) is 5.01 Å². The van der Waals surface area contributed by atoms with Crippen LogP contribution < -0.4 is 10.0 Å². The van der Waals surface area contributed by atoms with Crippen molar-refractivity contribution in [3.05, 3.63) is 34.8 Å². The Morgan fingerprint density at radius 3 is 2.52 bits per heavy atom. The number of nitrogens with zero attached hydrogens (tertiary/aromatic N) is 2. The molecule has 6 nitrogen and oxygen atoms in total. The third-order valence-electron chi connectivity index (χ3n) is 2.83. The minimum absolute atomic E-state index is 0.0298. The summed E-state index contributed by atoms with van der Waals surface area (Å²) in [6.07, 6.45) is 0.821. The fraction of sp³-hybridized carbons (Fsp3) is 0.357. The highest BCUT2D eigenvalue weighted by molar-refractivity contribution is 7.92. The van der Waals surface area contributed by atoms with E-state index in [1.807, 2.05) is 6.92 Å². The smallest absolute Gasteiger partial charge is 0.263 e. The van der Waals surface area contributed by atoms with Gasteiger partial charge in [0.25, 0.3) is 10.0 Å². The Morgan fingerprint density at radius 1 is 1.26 bits per heavy atom. The lowest BCUT2D eigenvalue weighted by Crippen LogP contribution is -2.34. The number of aromatic nitrogens is 2. The molecule has 0 aliphatic heterocycles. The quantitative estimate of drug-likeness (QED) is 0.788. The molecule has 124 valence electrons. The predicted molar refractivity (Wildman–Crippen MR) is 96.2 cm³/mol. The molecule has 2 rings (SSSR count). The van der Waals surface area contributed by atoms with Crippen LogP contribution in [0, 0.1) is 12.8 Å². The van der Waals surface area contributed by atoms with E-state index in [1.54, 1.807) is 12.1 Å². The zero-order valence-corrected chi connectivity index (χ0v) is 15.5. The van der Waals surface area contributed by atoms with Crippen molar-refractivity contribution in [1.29, 1.82) is 0 Å². The summed E-state index contributed by atoms with van der Waals surface area (Å²) in [5.41, 5.74) is 0.983. The molecule has 0 aliphatic carbocycles. The molecule has 0 aliphatic rings. The van der Waals surface area contributed by atoms with E-state index in [2.05, 4.69) is 34.1 Å². The summed E-state index contributed by atoms with van der Waals surface area (Å²) >= 11 is 6.40. The van der Waals surface area contributed by atoms with Gasteiger partial charge in [-0.1, -0.05) is 42.9 Å². The molecule has 23 heavy (non-hydrogen) atoms. The first-order chi connectivity index (χ1) is 10.8. The summed E-state index contributed by atoms with van der Waals surface area (Å²) in [5.74, 6) is 0.475. The highest BCUT2D eigenvalue weighted by atomic mass is 32.2. The summed E-state index contributed by atoms with van der Waals surface area (Å²) in [6.45, 7) is 6.07. The van der Waals surface area contributed by atoms with E-state index in [0.717, 1.165) is 17.0 Å². The van der Waals surface area contributed by atoms with Gasteiger partial charge in [-0.15, -0.1) is 10.2 Å². The van der Waals surface area contributed by atoms with Crippen molar-refractivity contribution >= 4 is 43.8 Å². The minimum atomic E-state index is -3.71. The zero-order valence-electron chi connectivity index (χ0n) is 13.0. The molecule has 0 saturated heterocycles. The Labute approximate surface area is 145 Å². The molecule has 9 heteroatoms. The van der Waals surface area contributed by atoms with Crippen LogP contribution in [0.5, 0.6) is 0 Å². The Hall–Kier alpha value is -1.58. The molecule has 0 bridgehead atoms. The largest absolute Gasteiger partial charge is 0.306 e. The average Bonchev–Trinajstić information content (AvgIpc) is 2.84. The number of thiocarbonyl (C=S) groups is 1. The molecule has 0 saturated carbocycles. The number of anilines is 1. The number of sulfonamides is 1. The predicted octanol–water partition coefficient (Wildman–Crippen LogP) is 2.72. The van der Waals surface area contributed by atoms with Gasteiger partial charge in [-0.3, -0.25) is 4.72 Å². The summed E-state index contributed by atoms with van der Waals surface area (Å²) in [4.78, 5) is 0.157. The normalized spacial score (nSPS) is 11.5. The van der Waals surface area contributed by atoms with E-state index in [1.165, 1.54) is 23.5 Å². The van der Waals surface area contributed by atoms with Crippen molar-refractivity contribution in [1.82, 2.24) is 14.9 Å². The van der Waals surface area contributed by atoms with E-state index in [0.29, 0.717) is 11.0 Å². The van der Waals surface area contributed by atoms with Gasteiger partial charge in [-0.2, -0.15) is 0 Å². The van der Waals surface area contributed by atoms with Crippen molar-refractivity contribution in [3.63, 3.8) is 0 Å². The average molecular weight is 371 g/mol. The van der Waals surface area contributed by atoms with Crippen LogP contribution in [-0.2, 0) is 16.4 Å². The van der Waals surface area contributed by atoms with Gasteiger partial charge in [0, 0.05) is 6.42 Å². The highest BCUT2D eigenvalue weighted by Crippen LogP contribution is 2.18. The van der Waals surface area contributed by atoms with E-state index in [-0.39, 0.29) is 10.0 Å². The molecular weight excluding hydrogens is 352 g/mol. The van der Waals surface area contributed by atoms with E-state index >= 15 is 0 Å². The van der Waals surface area contributed by atoms with Crippen molar-refractivity contribution < 1.29 is 8.42 Å². The van der Waals surface area contributed by atoms with Gasteiger partial charge >= 0.3 is 0 Å². The fourth-order valence-corrected chi connectivity index (χ4v) is 4.11. The summed E-state index contributed by atoms with van der Waals surface area (Å²) in [7, 11) is -3.71. The molecule has 1 aromatic heterocycles. The minimum Gasteiger partial charge on any atom is -0.306 e. The van der Waals surface area contributed by atoms with Crippen LogP contribution >= 0.6 is 23.6 Å². The van der Waals surface area contributed by atoms with Gasteiger partial charge < -0.3 is 5.32 Å². The maximum atomic E-state index is 12.2. The van der Waals surface area contributed by atoms with Gasteiger partial charge in [0.05, 0.1) is 4.90 Å². The van der Waals surface area contributed by atoms with Crippen molar-refractivity contribution in [3.8, 4) is 0 Å². The van der Waals surface area contributed by atoms with Crippen LogP contribution in [0.25, 0.3) is 0 Å². The lowest BCUT2D eigenvalue weighted by Gasteiger charge is -2.09. The van der Waals surface area contributed by atoms with Crippen LogP contribution in [0.2, 0.25) is 0 Å². The second-order valence-electron chi connectivity index (χ2n) is 5.47. The van der Waals surface area contributed by atoms with Gasteiger partial charge in [0.15, 0.2) is 5.11 Å². The van der Waals surface area contributed by atoms with Crippen LogP contribution in [0.3, 0.4) is 0 Å². The van der Waals surface area contributed by atoms with Gasteiger partial charge in [-0.05, 0) is 37.2 Å². The third kappa shape index (κ3) is 5.22. The summed E-state index contributed by atoms with van der Waals surface area (Å²) in [5, 5.41) is 12.1. The summed E-state index contributed by atoms with van der Waals surface area (Å²) < 4.78 is 26.8. The van der Waals surface area contributed by atoms with E-state index < -0.39 is 10.0 Å². The third-order valence-corrected chi connectivity index (χ3v) is 5.39. The lowest BCUT2D eigenvalue weighted by atomic mass is 10.1. The monoisotopic (exact) mass is 370 g/mol. The summed E-state index contributed by atoms with van der Waals surface area (Å²) in [6, 6.07) is 6.53. The number of nitrogens with one attached hydrogen (secondary N) is 2. The van der Waals surface area contributed by atoms with Crippen molar-refractivity contribution in [2.75, 3.05) is 5.32 Å². The Balaban J connectivity index is 2.01. The topological polar surface area (TPSA) is 84.0 Å². The maximum Gasteiger partial charge on any atom is 0.263 e. The number of benzene rings is 1. The van der Waals surface area contributed by atoms with Crippen LogP contribution in [0.1, 0.15) is 24.4 Å². The Morgan fingerprint density at radius 2 is 1.91 bits per heavy atom. The van der Waals surface area contributed by atoms with Crippen LogP contribution in [0.15, 0.2) is 29.2 Å². The lowest BCUT2D eigenvalue weighted by molar-refractivity contribution is 0.593. The molecule has 0 spiro atoms. The SMILES string of the molecule is Cc1ccc(S(=O)(=O)NC(=S)Nc2nnc(CC(C)C)s2)cc1. The maximum absolute atomic E-state index is 12.2. The second-order valence-corrected chi connectivity index (χ2v) is 8.62. The molecule has 0 amide bonds. The molecule has 2 N–H and O–H groups in total. The van der Waals surface area contributed by atoms with E-state index in [9.17, 15) is 8.42 Å². The number of hydrogen-bond donors (Lipinski definition) is 2. The fourth-order valence-electron chi connectivity index (χ4n) is 1.76. The van der Waals surface area contributed by atoms with Crippen molar-refractivity contribution in [2.24, 2.45) is 5.92 Å². The van der Waals surface area contributed by atoms with Crippen LogP contribution in [0.4, 0.5) is 5.13 Å². The molecule has 1 aromatic carbocycles. The Kier molecular flexibility index (Phi) is 5.66. The molecule has 1 heterocycles. The zero-order chi connectivity index (χ0) is 17.0. The molecule has 0 fully saturated rings. The van der Waals surface area contributed by atoms with E-state index in [4.69, 9.17) is 12.2 Å².